The van der Waals surface area contributed by atoms with Gasteiger partial charge in [-0.15, -0.1) is 0 Å². The van der Waals surface area contributed by atoms with Gasteiger partial charge in [-0.3, -0.25) is 0 Å². The second kappa shape index (κ2) is 4.36. The zero-order valence-corrected chi connectivity index (χ0v) is 9.56. The van der Waals surface area contributed by atoms with Gasteiger partial charge in [0.2, 0.25) is 4.38 Å². The average Bonchev–Trinajstić information content (AvgIpc) is 1.81. The quantitative estimate of drug-likeness (QED) is 0.494. The first-order valence-electron chi connectivity index (χ1n) is 3.16. The van der Waals surface area contributed by atoms with E-state index in [1.807, 2.05) is 0 Å². The van der Waals surface area contributed by atoms with Gasteiger partial charge in [0.1, 0.15) is 0 Å². The van der Waals surface area contributed by atoms with E-state index in [-0.39, 0.29) is 0 Å². The molecule has 0 atom stereocenters. The van der Waals surface area contributed by atoms with Crippen LogP contribution in [0.3, 0.4) is 0 Å². The number of hydrogen-bond acceptors (Lipinski definition) is 3. The molecule has 4 heteroatoms. The van der Waals surface area contributed by atoms with Crippen molar-refractivity contribution in [3.8, 4) is 0 Å². The standard InChI is InChI=1S/C6H14OS2Si/c1-7-6(8)9-5-10(2,3)4/h5H2,1-4H3. The van der Waals surface area contributed by atoms with Gasteiger partial charge < -0.3 is 4.74 Å². The van der Waals surface area contributed by atoms with Gasteiger partial charge >= 0.3 is 0 Å². The molecule has 0 heterocycles. The smallest absolute Gasteiger partial charge is 0.219 e. The maximum absolute atomic E-state index is 4.89. The molecule has 0 aromatic heterocycles. The summed E-state index contributed by atoms with van der Waals surface area (Å²) in [6.07, 6.45) is 0. The van der Waals surface area contributed by atoms with Crippen LogP contribution in [-0.2, 0) is 4.74 Å². The molecule has 0 saturated heterocycles. The maximum Gasteiger partial charge on any atom is 0.219 e. The number of ether oxygens (including phenoxy) is 1. The third kappa shape index (κ3) is 6.58. The van der Waals surface area contributed by atoms with Gasteiger partial charge in [0.15, 0.2) is 0 Å². The first kappa shape index (κ1) is 10.5. The second-order valence-electron chi connectivity index (χ2n) is 3.30. The van der Waals surface area contributed by atoms with Crippen molar-refractivity contribution in [3.63, 3.8) is 0 Å². The molecule has 0 spiro atoms. The molecular formula is C6H14OS2Si. The van der Waals surface area contributed by atoms with E-state index >= 15 is 0 Å². The molecule has 0 bridgehead atoms. The second-order valence-corrected chi connectivity index (χ2v) is 10.9. The van der Waals surface area contributed by atoms with Gasteiger partial charge in [-0.05, 0) is 17.6 Å². The van der Waals surface area contributed by atoms with Crippen LogP contribution in [0.25, 0.3) is 0 Å². The molecule has 0 amide bonds. The molecule has 10 heavy (non-hydrogen) atoms. The van der Waals surface area contributed by atoms with Crippen molar-refractivity contribution in [2.24, 2.45) is 0 Å². The number of rotatable bonds is 2. The Morgan fingerprint density at radius 2 is 2.00 bits per heavy atom. The number of methoxy groups -OCH3 is 1. The number of hydrogen-bond donors (Lipinski definition) is 0. The predicted octanol–water partition coefficient (Wildman–Crippen LogP) is 2.53. The Labute approximate surface area is 73.5 Å². The molecular weight excluding hydrogens is 180 g/mol. The van der Waals surface area contributed by atoms with Gasteiger partial charge in [-0.1, -0.05) is 31.4 Å². The lowest BCUT2D eigenvalue weighted by Crippen LogP contribution is -2.24. The third-order valence-electron chi connectivity index (χ3n) is 0.790. The molecule has 0 aromatic carbocycles. The van der Waals surface area contributed by atoms with Gasteiger partial charge in [0.25, 0.3) is 0 Å². The molecule has 0 unspecified atom stereocenters. The predicted molar refractivity (Wildman–Crippen MR) is 55.4 cm³/mol. The third-order valence-corrected chi connectivity index (χ3v) is 5.75. The highest BCUT2D eigenvalue weighted by atomic mass is 32.2. The van der Waals surface area contributed by atoms with Crippen molar-refractivity contribution in [2.75, 3.05) is 12.5 Å². The Morgan fingerprint density at radius 1 is 1.50 bits per heavy atom. The largest absolute Gasteiger partial charge is 0.482 e. The molecule has 0 N–H and O–H groups in total. The normalized spacial score (nSPS) is 11.2. The highest BCUT2D eigenvalue weighted by Gasteiger charge is 2.13. The maximum atomic E-state index is 4.89. The fourth-order valence-electron chi connectivity index (χ4n) is 0.334. The van der Waals surface area contributed by atoms with Crippen LogP contribution in [0.2, 0.25) is 19.6 Å². The Kier molecular flexibility index (Phi) is 4.56. The van der Waals surface area contributed by atoms with Crippen LogP contribution in [0.15, 0.2) is 0 Å². The minimum absolute atomic E-state index is 0.669. The molecule has 0 fully saturated rings. The van der Waals surface area contributed by atoms with Crippen molar-refractivity contribution in [2.45, 2.75) is 19.6 Å². The number of thioether (sulfide) groups is 1. The monoisotopic (exact) mass is 194 g/mol. The van der Waals surface area contributed by atoms with Crippen molar-refractivity contribution in [1.82, 2.24) is 0 Å². The van der Waals surface area contributed by atoms with E-state index in [1.54, 1.807) is 18.9 Å². The van der Waals surface area contributed by atoms with Gasteiger partial charge in [0.05, 0.1) is 15.2 Å². The fourth-order valence-corrected chi connectivity index (χ4v) is 3.19. The lowest BCUT2D eigenvalue weighted by molar-refractivity contribution is 0.426. The minimum Gasteiger partial charge on any atom is -0.482 e. The zero-order chi connectivity index (χ0) is 8.20. The summed E-state index contributed by atoms with van der Waals surface area (Å²) in [5.41, 5.74) is 0. The summed E-state index contributed by atoms with van der Waals surface area (Å²) in [6.45, 7) is 6.95. The van der Waals surface area contributed by atoms with Gasteiger partial charge in [-0.2, -0.15) is 0 Å². The van der Waals surface area contributed by atoms with Crippen molar-refractivity contribution >= 4 is 36.4 Å². The van der Waals surface area contributed by atoms with Crippen LogP contribution in [0.1, 0.15) is 0 Å². The van der Waals surface area contributed by atoms with Gasteiger partial charge in [0, 0.05) is 0 Å². The first-order valence-corrected chi connectivity index (χ1v) is 8.26. The molecule has 0 aliphatic heterocycles. The van der Waals surface area contributed by atoms with Crippen LogP contribution >= 0.6 is 24.0 Å². The summed E-state index contributed by atoms with van der Waals surface area (Å²) < 4.78 is 5.53. The zero-order valence-electron chi connectivity index (χ0n) is 6.93. The molecule has 0 aliphatic rings. The average molecular weight is 194 g/mol. The van der Waals surface area contributed by atoms with Crippen LogP contribution in [-0.4, -0.2) is 24.9 Å². The van der Waals surface area contributed by atoms with Crippen molar-refractivity contribution in [3.05, 3.63) is 0 Å². The Hall–Kier alpha value is 0.457. The summed E-state index contributed by atoms with van der Waals surface area (Å²) >= 11 is 6.54. The fraction of sp³-hybridized carbons (Fsp3) is 0.833. The summed E-state index contributed by atoms with van der Waals surface area (Å²) in [4.78, 5) is 0. The Morgan fingerprint density at radius 3 is 2.30 bits per heavy atom. The molecule has 0 aromatic rings. The summed E-state index contributed by atoms with van der Waals surface area (Å²) in [7, 11) is 0.684. The van der Waals surface area contributed by atoms with E-state index < -0.39 is 8.07 Å². The van der Waals surface area contributed by atoms with Crippen LogP contribution in [0.5, 0.6) is 0 Å². The molecule has 0 rings (SSSR count). The molecule has 0 saturated carbocycles. The highest BCUT2D eigenvalue weighted by Crippen LogP contribution is 2.13. The minimum atomic E-state index is -0.941. The van der Waals surface area contributed by atoms with E-state index in [0.29, 0.717) is 4.38 Å². The summed E-state index contributed by atoms with van der Waals surface area (Å²) in [5.74, 6) is 0. The van der Waals surface area contributed by atoms with Crippen LogP contribution < -0.4 is 0 Å². The topological polar surface area (TPSA) is 9.23 Å². The SMILES string of the molecule is COC(=S)SC[Si](C)(C)C. The van der Waals surface area contributed by atoms with Crippen molar-refractivity contribution < 1.29 is 4.74 Å². The van der Waals surface area contributed by atoms with E-state index in [2.05, 4.69) is 19.6 Å². The lowest BCUT2D eigenvalue weighted by Gasteiger charge is -2.13. The lowest BCUT2D eigenvalue weighted by atomic mass is 11.5. The molecule has 1 nitrogen and oxygen atoms in total. The van der Waals surface area contributed by atoms with E-state index in [1.165, 1.54) is 0 Å². The Bertz CT molecular complexity index is 119. The summed E-state index contributed by atoms with van der Waals surface area (Å²) in [6, 6.07) is 0. The summed E-state index contributed by atoms with van der Waals surface area (Å²) in [5, 5.41) is 1.15. The highest BCUT2D eigenvalue weighted by molar-refractivity contribution is 8.23. The van der Waals surface area contributed by atoms with Gasteiger partial charge in [-0.25, -0.2) is 0 Å². The molecule has 0 aliphatic carbocycles. The van der Waals surface area contributed by atoms with Crippen molar-refractivity contribution in [1.29, 1.82) is 0 Å². The number of thiocarbonyl (C=S) groups is 1. The van der Waals surface area contributed by atoms with Crippen LogP contribution in [0, 0.1) is 0 Å². The molecule has 0 radical (unpaired) electrons. The van der Waals surface area contributed by atoms with E-state index in [0.717, 1.165) is 5.38 Å². The Balaban J connectivity index is 3.46. The molecule has 60 valence electrons. The van der Waals surface area contributed by atoms with Crippen LogP contribution in [0.4, 0.5) is 0 Å². The van der Waals surface area contributed by atoms with E-state index in [9.17, 15) is 0 Å². The van der Waals surface area contributed by atoms with E-state index in [4.69, 9.17) is 17.0 Å². The first-order chi connectivity index (χ1) is 4.45.